The third kappa shape index (κ3) is 42.8. The van der Waals surface area contributed by atoms with Gasteiger partial charge in [0.1, 0.15) is 13.2 Å². The monoisotopic (exact) mass is 787 g/mol. The standard InChI is InChI=1S/C51H78O6/c1-4-7-10-13-16-19-21-23-25-26-28-29-32-35-38-41-44-50(53)56-47-48(46-55-49(52)43-40-37-34-31-18-15-12-9-6-3)57-51(54)45-42-39-36-33-30-27-24-22-20-17-14-11-8-5-2/h7-12,16-20,23,25,28-29,31,35,37-38,40,48H,4-6,13-15,21-22,24,26-27,30,32-34,36,39,41-47H2,1-3H3/b10-7-,11-8-,12-9-,19-16-,20-17-,25-23-,29-28-,31-18-,38-35-,40-37-. The zero-order chi connectivity index (χ0) is 41.5. The molecule has 0 radical (unpaired) electrons. The minimum absolute atomic E-state index is 0.116. The second kappa shape index (κ2) is 44.5. The van der Waals surface area contributed by atoms with Crippen molar-refractivity contribution in [2.24, 2.45) is 0 Å². The zero-order valence-corrected chi connectivity index (χ0v) is 36.0. The molecule has 0 aliphatic heterocycles. The first-order valence-electron chi connectivity index (χ1n) is 22.0. The number of rotatable bonds is 37. The average Bonchev–Trinajstić information content (AvgIpc) is 3.21. The van der Waals surface area contributed by atoms with Gasteiger partial charge in [0.2, 0.25) is 0 Å². The number of esters is 3. The Kier molecular flexibility index (Phi) is 41.3. The number of carbonyl (C=O) groups is 3. The normalized spacial score (nSPS) is 13.2. The molecule has 318 valence electrons. The van der Waals surface area contributed by atoms with E-state index in [1.165, 1.54) is 19.3 Å². The predicted molar refractivity (Wildman–Crippen MR) is 242 cm³/mol. The predicted octanol–water partition coefficient (Wildman–Crippen LogP) is 14.2. The molecule has 0 rings (SSSR count). The molecule has 1 unspecified atom stereocenters. The lowest BCUT2D eigenvalue weighted by Gasteiger charge is -2.18. The quantitative estimate of drug-likeness (QED) is 0.0270. The molecule has 0 aromatic carbocycles. The van der Waals surface area contributed by atoms with Crippen molar-refractivity contribution < 1.29 is 28.6 Å². The minimum Gasteiger partial charge on any atom is -0.462 e. The van der Waals surface area contributed by atoms with E-state index in [0.717, 1.165) is 96.3 Å². The number of unbranched alkanes of at least 4 members (excludes halogenated alkanes) is 7. The molecule has 0 saturated carbocycles. The van der Waals surface area contributed by atoms with Crippen LogP contribution in [0.1, 0.15) is 162 Å². The molecule has 0 aromatic heterocycles. The summed E-state index contributed by atoms with van der Waals surface area (Å²) in [5.74, 6) is -1.18. The average molecular weight is 787 g/mol. The van der Waals surface area contributed by atoms with Gasteiger partial charge in [-0.1, -0.05) is 174 Å². The van der Waals surface area contributed by atoms with E-state index in [9.17, 15) is 14.4 Å². The highest BCUT2D eigenvalue weighted by molar-refractivity contribution is 5.72. The maximum Gasteiger partial charge on any atom is 0.309 e. The second-order valence-corrected chi connectivity index (χ2v) is 13.8. The van der Waals surface area contributed by atoms with Gasteiger partial charge in [0, 0.05) is 12.8 Å². The number of ether oxygens (including phenoxy) is 3. The highest BCUT2D eigenvalue weighted by atomic mass is 16.6. The first-order chi connectivity index (χ1) is 28.0. The second-order valence-electron chi connectivity index (χ2n) is 13.8. The van der Waals surface area contributed by atoms with Gasteiger partial charge in [-0.3, -0.25) is 14.4 Å². The molecule has 0 bridgehead atoms. The largest absolute Gasteiger partial charge is 0.462 e. The van der Waals surface area contributed by atoms with Crippen LogP contribution in [-0.2, 0) is 28.6 Å². The molecule has 0 aromatic rings. The van der Waals surface area contributed by atoms with Crippen molar-refractivity contribution in [3.05, 3.63) is 122 Å². The number of hydrogen-bond donors (Lipinski definition) is 0. The van der Waals surface area contributed by atoms with Crippen molar-refractivity contribution in [3.8, 4) is 0 Å². The van der Waals surface area contributed by atoms with E-state index in [2.05, 4.69) is 118 Å². The van der Waals surface area contributed by atoms with Gasteiger partial charge in [-0.2, -0.15) is 0 Å². The van der Waals surface area contributed by atoms with Gasteiger partial charge in [-0.05, 0) is 89.9 Å². The summed E-state index contributed by atoms with van der Waals surface area (Å²) in [6.07, 6.45) is 60.9. The molecule has 0 aliphatic carbocycles. The van der Waals surface area contributed by atoms with Gasteiger partial charge >= 0.3 is 17.9 Å². The first-order valence-corrected chi connectivity index (χ1v) is 22.0. The van der Waals surface area contributed by atoms with E-state index in [4.69, 9.17) is 14.2 Å². The topological polar surface area (TPSA) is 78.9 Å². The number of carbonyl (C=O) groups excluding carboxylic acids is 3. The Morgan fingerprint density at radius 2 is 0.737 bits per heavy atom. The van der Waals surface area contributed by atoms with Gasteiger partial charge in [0.15, 0.2) is 6.10 Å². The maximum atomic E-state index is 12.7. The minimum atomic E-state index is -0.848. The summed E-state index contributed by atoms with van der Waals surface area (Å²) in [5, 5.41) is 0. The maximum absolute atomic E-state index is 12.7. The lowest BCUT2D eigenvalue weighted by molar-refractivity contribution is -0.166. The van der Waals surface area contributed by atoms with E-state index in [0.29, 0.717) is 6.42 Å². The van der Waals surface area contributed by atoms with Crippen molar-refractivity contribution in [3.63, 3.8) is 0 Å². The molecule has 57 heavy (non-hydrogen) atoms. The van der Waals surface area contributed by atoms with E-state index >= 15 is 0 Å². The molecule has 0 aliphatic rings. The van der Waals surface area contributed by atoms with Crippen molar-refractivity contribution >= 4 is 17.9 Å². The number of allylic oxidation sites excluding steroid dienone is 19. The molecule has 6 nitrogen and oxygen atoms in total. The van der Waals surface area contributed by atoms with Crippen LogP contribution in [0.15, 0.2) is 122 Å². The Morgan fingerprint density at radius 1 is 0.368 bits per heavy atom. The molecule has 1 atom stereocenters. The van der Waals surface area contributed by atoms with Gasteiger partial charge < -0.3 is 14.2 Å². The summed E-state index contributed by atoms with van der Waals surface area (Å²) in [4.78, 5) is 37.6. The van der Waals surface area contributed by atoms with Crippen LogP contribution in [0.5, 0.6) is 0 Å². The Morgan fingerprint density at radius 3 is 1.21 bits per heavy atom. The molecule has 0 spiro atoms. The van der Waals surface area contributed by atoms with Crippen molar-refractivity contribution in [1.29, 1.82) is 0 Å². The van der Waals surface area contributed by atoms with Crippen LogP contribution in [0.2, 0.25) is 0 Å². The molecule has 0 fully saturated rings. The van der Waals surface area contributed by atoms with Gasteiger partial charge in [-0.25, -0.2) is 0 Å². The first kappa shape index (κ1) is 52.8. The summed E-state index contributed by atoms with van der Waals surface area (Å²) < 4.78 is 16.5. The zero-order valence-electron chi connectivity index (χ0n) is 36.0. The Balaban J connectivity index is 4.58. The fourth-order valence-corrected chi connectivity index (χ4v) is 5.29. The molecule has 0 N–H and O–H groups in total. The van der Waals surface area contributed by atoms with Crippen molar-refractivity contribution in [1.82, 2.24) is 0 Å². The molecule has 0 saturated heterocycles. The van der Waals surface area contributed by atoms with E-state index in [1.54, 1.807) is 6.08 Å². The molecular weight excluding hydrogens is 709 g/mol. The van der Waals surface area contributed by atoms with Crippen LogP contribution in [-0.4, -0.2) is 37.2 Å². The van der Waals surface area contributed by atoms with Crippen LogP contribution in [0.3, 0.4) is 0 Å². The smallest absolute Gasteiger partial charge is 0.309 e. The Hall–Kier alpha value is -4.19. The van der Waals surface area contributed by atoms with Crippen LogP contribution in [0.4, 0.5) is 0 Å². The SMILES string of the molecule is CC/C=C\C/C=C\C/C=C\C/C=C\C/C=C\CCC(=O)OCC(COC(=O)C/C=C\C/C=C\C/C=C\CC)OC(=O)CCCCCCCCC/C=C\C/C=C\CC. The Bertz CT molecular complexity index is 1270. The highest BCUT2D eigenvalue weighted by Crippen LogP contribution is 2.12. The highest BCUT2D eigenvalue weighted by Gasteiger charge is 2.19. The summed E-state index contributed by atoms with van der Waals surface area (Å²) in [5.41, 5.74) is 0. The van der Waals surface area contributed by atoms with Gasteiger partial charge in [0.05, 0.1) is 6.42 Å². The van der Waals surface area contributed by atoms with E-state index in [-0.39, 0.29) is 44.4 Å². The van der Waals surface area contributed by atoms with Crippen LogP contribution in [0.25, 0.3) is 0 Å². The Labute approximate surface area is 348 Å². The third-order valence-electron chi connectivity index (χ3n) is 8.49. The fraction of sp³-hybridized carbons (Fsp3) is 0.549. The molecule has 6 heteroatoms. The van der Waals surface area contributed by atoms with E-state index < -0.39 is 12.1 Å². The molecule has 0 amide bonds. The summed E-state index contributed by atoms with van der Waals surface area (Å²) in [7, 11) is 0. The van der Waals surface area contributed by atoms with Crippen LogP contribution >= 0.6 is 0 Å². The van der Waals surface area contributed by atoms with Crippen molar-refractivity contribution in [2.75, 3.05) is 13.2 Å². The summed E-state index contributed by atoms with van der Waals surface area (Å²) >= 11 is 0. The van der Waals surface area contributed by atoms with Gasteiger partial charge in [-0.15, -0.1) is 0 Å². The van der Waals surface area contributed by atoms with E-state index in [1.807, 2.05) is 18.2 Å². The fourth-order valence-electron chi connectivity index (χ4n) is 5.29. The third-order valence-corrected chi connectivity index (χ3v) is 8.49. The lowest BCUT2D eigenvalue weighted by Crippen LogP contribution is -2.30. The summed E-state index contributed by atoms with van der Waals surface area (Å²) in [6.45, 7) is 6.09. The van der Waals surface area contributed by atoms with Crippen molar-refractivity contribution in [2.45, 2.75) is 168 Å². The van der Waals surface area contributed by atoms with Crippen LogP contribution in [0, 0.1) is 0 Å². The van der Waals surface area contributed by atoms with Crippen LogP contribution < -0.4 is 0 Å². The molecular formula is C51H78O6. The van der Waals surface area contributed by atoms with Gasteiger partial charge in [0.25, 0.3) is 0 Å². The number of hydrogen-bond acceptors (Lipinski definition) is 6. The summed E-state index contributed by atoms with van der Waals surface area (Å²) in [6, 6.07) is 0. The lowest BCUT2D eigenvalue weighted by atomic mass is 10.1. The molecule has 0 heterocycles.